The van der Waals surface area contributed by atoms with Crippen LogP contribution in [0.3, 0.4) is 0 Å². The third kappa shape index (κ3) is 1.96. The zero-order valence-corrected chi connectivity index (χ0v) is 9.43. The van der Waals surface area contributed by atoms with E-state index in [1.165, 1.54) is 4.90 Å². The lowest BCUT2D eigenvalue weighted by Gasteiger charge is -2.29. The van der Waals surface area contributed by atoms with Gasteiger partial charge in [-0.25, -0.2) is 4.79 Å². The van der Waals surface area contributed by atoms with Gasteiger partial charge in [0.2, 0.25) is 5.91 Å². The van der Waals surface area contributed by atoms with E-state index in [-0.39, 0.29) is 24.1 Å². The number of amides is 3. The van der Waals surface area contributed by atoms with Crippen molar-refractivity contribution in [2.75, 3.05) is 31.7 Å². The van der Waals surface area contributed by atoms with Crippen molar-refractivity contribution in [3.8, 4) is 0 Å². The average molecular weight is 230 g/mol. The van der Waals surface area contributed by atoms with E-state index < -0.39 is 0 Å². The molecular formula is C9H14N2O3S. The number of carbonyl (C=O) groups is 2. The van der Waals surface area contributed by atoms with Gasteiger partial charge in [-0.3, -0.25) is 9.69 Å². The normalized spacial score (nSPS) is 31.1. The van der Waals surface area contributed by atoms with Gasteiger partial charge < -0.3 is 10.1 Å². The molecule has 3 amide bonds. The number of hydrogen-bond donors (Lipinski definition) is 1. The summed E-state index contributed by atoms with van der Waals surface area (Å²) < 4.78 is 5.46. The standard InChI is InChI=1S/C9H14N2O3S/c1-14-9(2-3-15-6-9)5-11-7(12)4-10-8(11)13/h2-6H2,1H3,(H,10,13). The fourth-order valence-corrected chi connectivity index (χ4v) is 3.23. The van der Waals surface area contributed by atoms with E-state index in [2.05, 4.69) is 5.32 Å². The largest absolute Gasteiger partial charge is 0.375 e. The maximum atomic E-state index is 11.4. The summed E-state index contributed by atoms with van der Waals surface area (Å²) >= 11 is 1.80. The molecule has 2 heterocycles. The van der Waals surface area contributed by atoms with E-state index in [1.807, 2.05) is 0 Å². The maximum Gasteiger partial charge on any atom is 0.324 e. The van der Waals surface area contributed by atoms with Gasteiger partial charge in [-0.2, -0.15) is 11.8 Å². The van der Waals surface area contributed by atoms with Crippen molar-refractivity contribution in [3.05, 3.63) is 0 Å². The highest BCUT2D eigenvalue weighted by Gasteiger charge is 2.41. The molecule has 2 fully saturated rings. The second-order valence-corrected chi connectivity index (χ2v) is 4.93. The molecule has 0 saturated carbocycles. The Balaban J connectivity index is 2.06. The van der Waals surface area contributed by atoms with Crippen LogP contribution in [0.1, 0.15) is 6.42 Å². The van der Waals surface area contributed by atoms with E-state index in [0.717, 1.165) is 17.9 Å². The van der Waals surface area contributed by atoms with Crippen LogP contribution < -0.4 is 5.32 Å². The Morgan fingerprint density at radius 1 is 1.60 bits per heavy atom. The molecule has 2 rings (SSSR count). The molecule has 6 heteroatoms. The van der Waals surface area contributed by atoms with Crippen molar-refractivity contribution in [1.82, 2.24) is 10.2 Å². The second-order valence-electron chi connectivity index (χ2n) is 3.83. The lowest BCUT2D eigenvalue weighted by atomic mass is 10.0. The highest BCUT2D eigenvalue weighted by Crippen LogP contribution is 2.32. The van der Waals surface area contributed by atoms with Gasteiger partial charge in [-0.1, -0.05) is 0 Å². The zero-order chi connectivity index (χ0) is 10.9. The SMILES string of the molecule is COC1(CN2C(=O)CNC2=O)CCSC1. The van der Waals surface area contributed by atoms with E-state index in [0.29, 0.717) is 6.54 Å². The lowest BCUT2D eigenvalue weighted by Crippen LogP contribution is -2.47. The predicted octanol–water partition coefficient (Wildman–Crippen LogP) is 0.0603. The number of nitrogens with zero attached hydrogens (tertiary/aromatic N) is 1. The molecule has 1 N–H and O–H groups in total. The summed E-state index contributed by atoms with van der Waals surface area (Å²) in [6.45, 7) is 0.493. The Hall–Kier alpha value is -0.750. The van der Waals surface area contributed by atoms with Gasteiger partial charge in [0.15, 0.2) is 0 Å². The number of rotatable bonds is 3. The molecule has 84 valence electrons. The van der Waals surface area contributed by atoms with Crippen molar-refractivity contribution in [3.63, 3.8) is 0 Å². The van der Waals surface area contributed by atoms with Crippen molar-refractivity contribution in [1.29, 1.82) is 0 Å². The van der Waals surface area contributed by atoms with Gasteiger partial charge in [0.25, 0.3) is 0 Å². The predicted molar refractivity (Wildman–Crippen MR) is 56.8 cm³/mol. The van der Waals surface area contributed by atoms with Gasteiger partial charge in [-0.05, 0) is 12.2 Å². The van der Waals surface area contributed by atoms with Crippen LogP contribution in [0, 0.1) is 0 Å². The summed E-state index contributed by atoms with van der Waals surface area (Å²) in [5, 5.41) is 2.51. The summed E-state index contributed by atoms with van der Waals surface area (Å²) in [5.41, 5.74) is -0.331. The third-order valence-corrected chi connectivity index (χ3v) is 4.11. The molecule has 1 atom stereocenters. The van der Waals surface area contributed by atoms with Crippen molar-refractivity contribution in [2.24, 2.45) is 0 Å². The minimum Gasteiger partial charge on any atom is -0.375 e. The molecule has 0 aromatic rings. The van der Waals surface area contributed by atoms with Gasteiger partial charge in [0.1, 0.15) is 0 Å². The van der Waals surface area contributed by atoms with Crippen LogP contribution in [0.25, 0.3) is 0 Å². The summed E-state index contributed by atoms with van der Waals surface area (Å²) in [6.07, 6.45) is 0.894. The van der Waals surface area contributed by atoms with Crippen LogP contribution in [-0.2, 0) is 9.53 Å². The van der Waals surface area contributed by atoms with Gasteiger partial charge in [-0.15, -0.1) is 0 Å². The summed E-state index contributed by atoms with van der Waals surface area (Å²) in [7, 11) is 1.64. The summed E-state index contributed by atoms with van der Waals surface area (Å²) in [6, 6.07) is -0.298. The van der Waals surface area contributed by atoms with Crippen molar-refractivity contribution < 1.29 is 14.3 Å². The molecule has 0 aromatic heterocycles. The number of methoxy groups -OCH3 is 1. The molecule has 2 aliphatic heterocycles. The Morgan fingerprint density at radius 3 is 2.87 bits per heavy atom. The van der Waals surface area contributed by atoms with Crippen molar-refractivity contribution >= 4 is 23.7 Å². The van der Waals surface area contributed by atoms with Crippen molar-refractivity contribution in [2.45, 2.75) is 12.0 Å². The Morgan fingerprint density at radius 2 is 2.40 bits per heavy atom. The molecule has 1 unspecified atom stereocenters. The quantitative estimate of drug-likeness (QED) is 0.697. The molecule has 2 saturated heterocycles. The Labute approximate surface area is 92.5 Å². The third-order valence-electron chi connectivity index (χ3n) is 2.88. The molecule has 0 aliphatic carbocycles. The van der Waals surface area contributed by atoms with Gasteiger partial charge in [0, 0.05) is 12.9 Å². The highest BCUT2D eigenvalue weighted by atomic mass is 32.2. The molecule has 0 radical (unpaired) electrons. The fourth-order valence-electron chi connectivity index (χ4n) is 1.84. The lowest BCUT2D eigenvalue weighted by molar-refractivity contribution is -0.127. The molecular weight excluding hydrogens is 216 g/mol. The molecule has 15 heavy (non-hydrogen) atoms. The number of nitrogens with one attached hydrogen (secondary N) is 1. The minimum atomic E-state index is -0.331. The first-order valence-electron chi connectivity index (χ1n) is 4.88. The minimum absolute atomic E-state index is 0.117. The first-order valence-corrected chi connectivity index (χ1v) is 6.03. The smallest absolute Gasteiger partial charge is 0.324 e. The fraction of sp³-hybridized carbons (Fsp3) is 0.778. The van der Waals surface area contributed by atoms with Crippen LogP contribution in [0.15, 0.2) is 0 Å². The molecule has 2 aliphatic rings. The Bertz CT molecular complexity index is 273. The maximum absolute atomic E-state index is 11.4. The number of urea groups is 1. The van der Waals surface area contributed by atoms with Crippen LogP contribution >= 0.6 is 11.8 Å². The van der Waals surface area contributed by atoms with E-state index >= 15 is 0 Å². The summed E-state index contributed by atoms with van der Waals surface area (Å²) in [4.78, 5) is 24.0. The number of ether oxygens (including phenoxy) is 1. The van der Waals surface area contributed by atoms with Gasteiger partial charge in [0.05, 0.1) is 18.7 Å². The Kier molecular flexibility index (Phi) is 2.88. The summed E-state index contributed by atoms with van der Waals surface area (Å²) in [5.74, 6) is 1.71. The number of thioether (sulfide) groups is 1. The first-order chi connectivity index (χ1) is 7.17. The first kappa shape index (κ1) is 10.8. The highest BCUT2D eigenvalue weighted by molar-refractivity contribution is 7.99. The van der Waals surface area contributed by atoms with E-state index in [9.17, 15) is 9.59 Å². The van der Waals surface area contributed by atoms with Crippen LogP contribution in [-0.4, -0.2) is 54.1 Å². The van der Waals surface area contributed by atoms with E-state index in [1.54, 1.807) is 18.9 Å². The van der Waals surface area contributed by atoms with Crippen LogP contribution in [0.5, 0.6) is 0 Å². The number of hydrogen-bond acceptors (Lipinski definition) is 4. The average Bonchev–Trinajstić information content (AvgIpc) is 2.81. The second kappa shape index (κ2) is 4.02. The molecule has 5 nitrogen and oxygen atoms in total. The van der Waals surface area contributed by atoms with Crippen LogP contribution in [0.4, 0.5) is 4.79 Å². The topological polar surface area (TPSA) is 58.6 Å². The van der Waals surface area contributed by atoms with E-state index in [4.69, 9.17) is 4.74 Å². The molecule has 0 spiro atoms. The number of carbonyl (C=O) groups excluding carboxylic acids is 2. The monoisotopic (exact) mass is 230 g/mol. The molecule has 0 bridgehead atoms. The zero-order valence-electron chi connectivity index (χ0n) is 8.62. The van der Waals surface area contributed by atoms with Crippen LogP contribution in [0.2, 0.25) is 0 Å². The molecule has 0 aromatic carbocycles. The number of imide groups is 1. The van der Waals surface area contributed by atoms with Gasteiger partial charge >= 0.3 is 6.03 Å².